The van der Waals surface area contributed by atoms with Crippen LogP contribution in [0, 0.1) is 0 Å². The molecular weight excluding hydrogens is 437 g/mol. The Morgan fingerprint density at radius 2 is 1.85 bits per heavy atom. The molecule has 2 aromatic rings. The molecule has 0 aliphatic heterocycles. The number of benzene rings is 1. The van der Waals surface area contributed by atoms with Crippen LogP contribution in [-0.2, 0) is 25.3 Å². The van der Waals surface area contributed by atoms with E-state index in [0.29, 0.717) is 0 Å². The van der Waals surface area contributed by atoms with Crippen molar-refractivity contribution in [1.29, 1.82) is 0 Å². The van der Waals surface area contributed by atoms with Crippen LogP contribution in [0.25, 0.3) is 0 Å². The molecule has 0 radical (unpaired) electrons. The highest BCUT2D eigenvalue weighted by Crippen LogP contribution is 2.22. The number of aliphatic imine (C=N–C) groups is 1. The lowest BCUT2D eigenvalue weighted by atomic mass is 9.84. The van der Waals surface area contributed by atoms with Crippen molar-refractivity contribution in [2.45, 2.75) is 39.0 Å². The van der Waals surface area contributed by atoms with Crippen molar-refractivity contribution in [2.75, 3.05) is 20.1 Å². The van der Waals surface area contributed by atoms with Gasteiger partial charge < -0.3 is 10.6 Å². The molecule has 0 atom stereocenters. The zero-order valence-electron chi connectivity index (χ0n) is 16.5. The minimum absolute atomic E-state index is 0. The topological polar surface area (TPSA) is 54.2 Å². The van der Waals surface area contributed by atoms with Gasteiger partial charge in [-0.3, -0.25) is 9.67 Å². The van der Waals surface area contributed by atoms with Gasteiger partial charge in [-0.2, -0.15) is 5.10 Å². The van der Waals surface area contributed by atoms with Crippen molar-refractivity contribution in [3.8, 4) is 0 Å². The summed E-state index contributed by atoms with van der Waals surface area (Å²) in [5.74, 6) is 0.835. The smallest absolute Gasteiger partial charge is 0.191 e. The number of nitrogens with one attached hydrogen (secondary N) is 2. The van der Waals surface area contributed by atoms with Crippen molar-refractivity contribution in [3.63, 3.8) is 0 Å². The fraction of sp³-hybridized carbons (Fsp3) is 0.500. The normalized spacial score (nSPS) is 11.8. The standard InChI is InChI=1S/C20H31N5.HI/c1-6-16-7-9-18(10-8-16)20(2,3)15-23-19(21-4)22-12-11-17-13-24-25(5)14-17;/h7-10,13-14H,6,11-12,15H2,1-5H3,(H2,21,22,23);1H. The number of aromatic nitrogens is 2. The van der Waals surface area contributed by atoms with Gasteiger partial charge in [0.2, 0.25) is 0 Å². The summed E-state index contributed by atoms with van der Waals surface area (Å²) in [6.07, 6.45) is 5.95. The van der Waals surface area contributed by atoms with Crippen LogP contribution in [0.2, 0.25) is 0 Å². The highest BCUT2D eigenvalue weighted by Gasteiger charge is 2.20. The quantitative estimate of drug-likeness (QED) is 0.372. The molecule has 1 aromatic carbocycles. The van der Waals surface area contributed by atoms with E-state index >= 15 is 0 Å². The van der Waals surface area contributed by atoms with Gasteiger partial charge in [-0.05, 0) is 29.5 Å². The van der Waals surface area contributed by atoms with Gasteiger partial charge in [-0.1, -0.05) is 45.0 Å². The first-order valence-electron chi connectivity index (χ1n) is 8.96. The molecule has 0 saturated carbocycles. The van der Waals surface area contributed by atoms with Gasteiger partial charge in [-0.15, -0.1) is 24.0 Å². The molecule has 0 unspecified atom stereocenters. The predicted molar refractivity (Wildman–Crippen MR) is 121 cm³/mol. The molecule has 0 spiro atoms. The lowest BCUT2D eigenvalue weighted by molar-refractivity contribution is 0.508. The van der Waals surface area contributed by atoms with E-state index in [2.05, 4.69) is 65.8 Å². The molecule has 0 bridgehead atoms. The third kappa shape index (κ3) is 6.63. The molecule has 6 heteroatoms. The monoisotopic (exact) mass is 469 g/mol. The van der Waals surface area contributed by atoms with Gasteiger partial charge in [0.1, 0.15) is 0 Å². The number of hydrogen-bond acceptors (Lipinski definition) is 2. The van der Waals surface area contributed by atoms with Gasteiger partial charge >= 0.3 is 0 Å². The first kappa shape index (κ1) is 22.5. The SMILES string of the molecule is CCc1ccc(C(C)(C)CNC(=NC)NCCc2cnn(C)c2)cc1.I. The Bertz CT molecular complexity index is 688. The Hall–Kier alpha value is -1.57. The zero-order chi connectivity index (χ0) is 18.3. The van der Waals surface area contributed by atoms with E-state index in [1.807, 2.05) is 31.2 Å². The van der Waals surface area contributed by atoms with E-state index in [-0.39, 0.29) is 29.4 Å². The summed E-state index contributed by atoms with van der Waals surface area (Å²) in [5.41, 5.74) is 3.97. The van der Waals surface area contributed by atoms with Crippen LogP contribution in [-0.4, -0.2) is 35.9 Å². The first-order chi connectivity index (χ1) is 11.9. The second kappa shape index (κ2) is 10.5. The van der Waals surface area contributed by atoms with E-state index < -0.39 is 0 Å². The summed E-state index contributed by atoms with van der Waals surface area (Å²) in [6, 6.07) is 8.91. The highest BCUT2D eigenvalue weighted by atomic mass is 127. The largest absolute Gasteiger partial charge is 0.356 e. The van der Waals surface area contributed by atoms with Crippen molar-refractivity contribution >= 4 is 29.9 Å². The molecular formula is C20H32IN5. The Balaban J connectivity index is 0.00000338. The van der Waals surface area contributed by atoms with E-state index in [4.69, 9.17) is 0 Å². The molecule has 1 aromatic heterocycles. The van der Waals surface area contributed by atoms with Crippen LogP contribution in [0.15, 0.2) is 41.7 Å². The van der Waals surface area contributed by atoms with Crippen molar-refractivity contribution < 1.29 is 0 Å². The number of nitrogens with zero attached hydrogens (tertiary/aromatic N) is 3. The fourth-order valence-corrected chi connectivity index (χ4v) is 2.75. The lowest BCUT2D eigenvalue weighted by Crippen LogP contribution is -2.44. The molecule has 144 valence electrons. The van der Waals surface area contributed by atoms with Crippen molar-refractivity contribution in [2.24, 2.45) is 12.0 Å². The first-order valence-corrected chi connectivity index (χ1v) is 8.96. The van der Waals surface area contributed by atoms with Gasteiger partial charge in [0, 0.05) is 38.8 Å². The van der Waals surface area contributed by atoms with Crippen molar-refractivity contribution in [1.82, 2.24) is 20.4 Å². The van der Waals surface area contributed by atoms with Crippen LogP contribution in [0.3, 0.4) is 0 Å². The molecule has 2 N–H and O–H groups in total. The molecule has 2 rings (SSSR count). The maximum Gasteiger partial charge on any atom is 0.191 e. The number of hydrogen-bond donors (Lipinski definition) is 2. The average molecular weight is 469 g/mol. The molecule has 0 aliphatic carbocycles. The van der Waals surface area contributed by atoms with E-state index in [1.54, 1.807) is 0 Å². The third-order valence-electron chi connectivity index (χ3n) is 4.53. The molecule has 0 saturated heterocycles. The van der Waals surface area contributed by atoms with Gasteiger partial charge in [0.05, 0.1) is 6.20 Å². The van der Waals surface area contributed by atoms with Crippen LogP contribution >= 0.6 is 24.0 Å². The molecule has 5 nitrogen and oxygen atoms in total. The summed E-state index contributed by atoms with van der Waals surface area (Å²) in [5, 5.41) is 11.0. The number of guanidine groups is 1. The third-order valence-corrected chi connectivity index (χ3v) is 4.53. The molecule has 0 fully saturated rings. The van der Waals surface area contributed by atoms with Crippen LogP contribution in [0.4, 0.5) is 0 Å². The van der Waals surface area contributed by atoms with Crippen LogP contribution < -0.4 is 10.6 Å². The lowest BCUT2D eigenvalue weighted by Gasteiger charge is -2.27. The van der Waals surface area contributed by atoms with Gasteiger partial charge in [0.15, 0.2) is 5.96 Å². The zero-order valence-corrected chi connectivity index (χ0v) is 18.9. The molecule has 0 amide bonds. The molecule has 0 aliphatic rings. The van der Waals surface area contributed by atoms with E-state index in [0.717, 1.165) is 31.9 Å². The van der Waals surface area contributed by atoms with E-state index in [1.165, 1.54) is 16.7 Å². The molecule has 1 heterocycles. The van der Waals surface area contributed by atoms with Gasteiger partial charge in [0.25, 0.3) is 0 Å². The number of aryl methyl sites for hydroxylation is 2. The molecule has 26 heavy (non-hydrogen) atoms. The second-order valence-electron chi connectivity index (χ2n) is 7.06. The van der Waals surface area contributed by atoms with Crippen LogP contribution in [0.1, 0.15) is 37.5 Å². The Morgan fingerprint density at radius 3 is 2.38 bits per heavy atom. The Labute approximate surface area is 174 Å². The minimum atomic E-state index is 0. The summed E-state index contributed by atoms with van der Waals surface area (Å²) in [4.78, 5) is 4.32. The van der Waals surface area contributed by atoms with Crippen molar-refractivity contribution in [3.05, 3.63) is 53.3 Å². The van der Waals surface area contributed by atoms with E-state index in [9.17, 15) is 0 Å². The summed E-state index contributed by atoms with van der Waals surface area (Å²) >= 11 is 0. The Morgan fingerprint density at radius 1 is 1.15 bits per heavy atom. The number of rotatable bonds is 7. The Kier molecular flexibility index (Phi) is 9.12. The second-order valence-corrected chi connectivity index (χ2v) is 7.06. The van der Waals surface area contributed by atoms with Gasteiger partial charge in [-0.25, -0.2) is 0 Å². The predicted octanol–water partition coefficient (Wildman–Crippen LogP) is 3.29. The maximum atomic E-state index is 4.32. The maximum absolute atomic E-state index is 4.32. The number of halogens is 1. The summed E-state index contributed by atoms with van der Waals surface area (Å²) < 4.78 is 1.83. The fourth-order valence-electron chi connectivity index (χ4n) is 2.75. The summed E-state index contributed by atoms with van der Waals surface area (Å²) in [6.45, 7) is 8.35. The van der Waals surface area contributed by atoms with Crippen LogP contribution in [0.5, 0.6) is 0 Å². The highest BCUT2D eigenvalue weighted by molar-refractivity contribution is 14.0. The summed E-state index contributed by atoms with van der Waals surface area (Å²) in [7, 11) is 3.75. The average Bonchev–Trinajstić information content (AvgIpc) is 3.03. The minimum Gasteiger partial charge on any atom is -0.356 e.